The first-order chi connectivity index (χ1) is 16.5. The predicted molar refractivity (Wildman–Crippen MR) is 146 cm³/mol. The largest absolute Gasteiger partial charge is 0.489 e. The summed E-state index contributed by atoms with van der Waals surface area (Å²) in [6.45, 7) is 15.1. The second-order valence-electron chi connectivity index (χ2n) is 12.6. The van der Waals surface area contributed by atoms with E-state index < -0.39 is 8.32 Å². The van der Waals surface area contributed by atoms with Crippen molar-refractivity contribution in [2.75, 3.05) is 6.61 Å². The Kier molecular flexibility index (Phi) is 7.64. The van der Waals surface area contributed by atoms with E-state index in [2.05, 4.69) is 83.3 Å². The average Bonchev–Trinajstić information content (AvgIpc) is 2.83. The van der Waals surface area contributed by atoms with Gasteiger partial charge in [-0.25, -0.2) is 0 Å². The van der Waals surface area contributed by atoms with E-state index in [1.165, 1.54) is 23.0 Å². The molecule has 1 fully saturated rings. The zero-order valence-electron chi connectivity index (χ0n) is 22.6. The van der Waals surface area contributed by atoms with Crippen LogP contribution in [0.15, 0.2) is 48.5 Å². The van der Waals surface area contributed by atoms with Crippen molar-refractivity contribution in [2.24, 2.45) is 17.3 Å². The van der Waals surface area contributed by atoms with Crippen molar-refractivity contribution in [3.8, 4) is 5.75 Å². The molecule has 0 unspecified atom stereocenters. The summed E-state index contributed by atoms with van der Waals surface area (Å²) in [6.07, 6.45) is 6.51. The molecule has 4 atom stereocenters. The number of carbonyl (C=O) groups is 1. The number of carbonyl (C=O) groups excluding carboxylic acids is 1. The van der Waals surface area contributed by atoms with Crippen molar-refractivity contribution in [3.63, 3.8) is 0 Å². The lowest BCUT2D eigenvalue weighted by Gasteiger charge is -2.50. The maximum Gasteiger partial charge on any atom is 0.191 e. The van der Waals surface area contributed by atoms with Gasteiger partial charge in [-0.05, 0) is 96.8 Å². The zero-order chi connectivity index (χ0) is 25.3. The summed E-state index contributed by atoms with van der Waals surface area (Å²) in [5, 5.41) is 0.208. The number of aldehydes is 1. The highest BCUT2D eigenvalue weighted by Crippen LogP contribution is 2.55. The molecule has 2 aromatic rings. The lowest BCUT2D eigenvalue weighted by Crippen LogP contribution is -2.45. The molecular formula is C31H44O3Si. The van der Waals surface area contributed by atoms with E-state index in [9.17, 15) is 4.79 Å². The molecule has 0 saturated heterocycles. The molecule has 0 amide bonds. The van der Waals surface area contributed by atoms with Gasteiger partial charge < -0.3 is 14.0 Å². The van der Waals surface area contributed by atoms with Crippen molar-refractivity contribution in [2.45, 2.75) is 90.5 Å². The molecule has 0 heterocycles. The van der Waals surface area contributed by atoms with Crippen LogP contribution in [0.2, 0.25) is 18.1 Å². The third kappa shape index (κ3) is 5.59. The number of hydrogen-bond donors (Lipinski definition) is 0. The third-order valence-corrected chi connectivity index (χ3v) is 13.9. The van der Waals surface area contributed by atoms with Gasteiger partial charge in [0.1, 0.15) is 18.6 Å². The number of aryl methyl sites for hydroxylation is 1. The summed E-state index contributed by atoms with van der Waals surface area (Å²) in [5.74, 6) is 2.42. The molecule has 0 bridgehead atoms. The molecule has 35 heavy (non-hydrogen) atoms. The van der Waals surface area contributed by atoms with Gasteiger partial charge in [-0.2, -0.15) is 0 Å². The first-order valence-corrected chi connectivity index (χ1v) is 16.3. The monoisotopic (exact) mass is 492 g/mol. The predicted octanol–water partition coefficient (Wildman–Crippen LogP) is 7.94. The van der Waals surface area contributed by atoms with Crippen molar-refractivity contribution in [1.82, 2.24) is 0 Å². The molecule has 2 aliphatic carbocycles. The quantitative estimate of drug-likeness (QED) is 0.277. The van der Waals surface area contributed by atoms with Crippen molar-refractivity contribution >= 4 is 14.6 Å². The fourth-order valence-electron chi connectivity index (χ4n) is 6.08. The van der Waals surface area contributed by atoms with E-state index in [0.717, 1.165) is 44.5 Å². The summed E-state index contributed by atoms with van der Waals surface area (Å²) in [7, 11) is -1.79. The van der Waals surface area contributed by atoms with E-state index in [1.54, 1.807) is 0 Å². The van der Waals surface area contributed by atoms with E-state index in [4.69, 9.17) is 9.16 Å². The van der Waals surface area contributed by atoms with Gasteiger partial charge in [-0.1, -0.05) is 64.1 Å². The van der Waals surface area contributed by atoms with Crippen molar-refractivity contribution in [1.29, 1.82) is 0 Å². The van der Waals surface area contributed by atoms with E-state index in [1.807, 2.05) is 6.07 Å². The molecule has 0 radical (unpaired) electrons. The molecule has 190 valence electrons. The van der Waals surface area contributed by atoms with E-state index in [0.29, 0.717) is 24.4 Å². The van der Waals surface area contributed by atoms with E-state index in [-0.39, 0.29) is 10.5 Å². The van der Waals surface area contributed by atoms with Gasteiger partial charge in [0.15, 0.2) is 8.32 Å². The molecule has 3 nitrogen and oxygen atoms in total. The number of hydrogen-bond acceptors (Lipinski definition) is 3. The van der Waals surface area contributed by atoms with Gasteiger partial charge in [0.25, 0.3) is 0 Å². The number of ether oxygens (including phenoxy) is 1. The summed E-state index contributed by atoms with van der Waals surface area (Å²) < 4.78 is 12.7. The van der Waals surface area contributed by atoms with Gasteiger partial charge in [0.2, 0.25) is 0 Å². The van der Waals surface area contributed by atoms with Crippen molar-refractivity contribution < 1.29 is 14.0 Å². The van der Waals surface area contributed by atoms with Gasteiger partial charge in [-0.3, -0.25) is 0 Å². The second-order valence-corrected chi connectivity index (χ2v) is 17.4. The van der Waals surface area contributed by atoms with Crippen LogP contribution >= 0.6 is 0 Å². The zero-order valence-corrected chi connectivity index (χ0v) is 23.6. The summed E-state index contributed by atoms with van der Waals surface area (Å²) in [6, 6.07) is 17.1. The number of rotatable bonds is 8. The Bertz CT molecular complexity index is 1010. The Morgan fingerprint density at radius 3 is 2.51 bits per heavy atom. The Morgan fingerprint density at radius 1 is 1.09 bits per heavy atom. The first-order valence-electron chi connectivity index (χ1n) is 13.4. The first kappa shape index (κ1) is 26.2. The molecular weight excluding hydrogens is 448 g/mol. The molecule has 0 aromatic heterocycles. The maximum absolute atomic E-state index is 12.3. The minimum Gasteiger partial charge on any atom is -0.489 e. The summed E-state index contributed by atoms with van der Waals surface area (Å²) >= 11 is 0. The fraction of sp³-hybridized carbons (Fsp3) is 0.581. The lowest BCUT2D eigenvalue weighted by molar-refractivity contribution is -0.123. The van der Waals surface area contributed by atoms with Crippen LogP contribution in [0.5, 0.6) is 5.75 Å². The van der Waals surface area contributed by atoms with Gasteiger partial charge in [0, 0.05) is 12.0 Å². The molecule has 0 N–H and O–H groups in total. The SMILES string of the molecule is CC(C)(C)[Si](C)(C)OCC[C@H]1[C@@H]2CCc3cc(OCc4ccccc4)ccc3[C@H]2CC[C@]1(C)C=O. The van der Waals surface area contributed by atoms with Gasteiger partial charge in [0.05, 0.1) is 0 Å². The second kappa shape index (κ2) is 10.2. The van der Waals surface area contributed by atoms with Crippen LogP contribution in [0, 0.1) is 17.3 Å². The van der Waals surface area contributed by atoms with Crippen molar-refractivity contribution in [3.05, 3.63) is 65.2 Å². The normalized spacial score (nSPS) is 26.5. The Balaban J connectivity index is 1.47. The van der Waals surface area contributed by atoms with Crippen LogP contribution < -0.4 is 4.74 Å². The maximum atomic E-state index is 12.3. The number of fused-ring (bicyclic) bond motifs is 3. The third-order valence-electron chi connectivity index (χ3n) is 9.35. The highest BCUT2D eigenvalue weighted by molar-refractivity contribution is 6.74. The highest BCUT2D eigenvalue weighted by Gasteiger charge is 2.48. The summed E-state index contributed by atoms with van der Waals surface area (Å²) in [4.78, 5) is 12.3. The van der Waals surface area contributed by atoms with Gasteiger partial charge in [-0.15, -0.1) is 0 Å². The molecule has 2 aromatic carbocycles. The molecule has 1 saturated carbocycles. The minimum atomic E-state index is -1.79. The Morgan fingerprint density at radius 2 is 1.83 bits per heavy atom. The van der Waals surface area contributed by atoms with Crippen LogP contribution in [0.4, 0.5) is 0 Å². The summed E-state index contributed by atoms with van der Waals surface area (Å²) in [5.41, 5.74) is 3.86. The highest BCUT2D eigenvalue weighted by atomic mass is 28.4. The van der Waals surface area contributed by atoms with Crippen LogP contribution in [-0.4, -0.2) is 21.2 Å². The van der Waals surface area contributed by atoms with Crippen LogP contribution in [0.3, 0.4) is 0 Å². The van der Waals surface area contributed by atoms with Crippen LogP contribution in [0.25, 0.3) is 0 Å². The average molecular weight is 493 g/mol. The fourth-order valence-corrected chi connectivity index (χ4v) is 7.15. The Hall–Kier alpha value is -1.91. The molecule has 0 spiro atoms. The molecule has 4 heteroatoms. The van der Waals surface area contributed by atoms with Crippen LogP contribution in [0.1, 0.15) is 76.0 Å². The van der Waals surface area contributed by atoms with E-state index >= 15 is 0 Å². The minimum absolute atomic E-state index is 0.208. The topological polar surface area (TPSA) is 35.5 Å². The number of benzene rings is 2. The molecule has 0 aliphatic heterocycles. The molecule has 4 rings (SSSR count). The Labute approximate surface area is 213 Å². The van der Waals surface area contributed by atoms with Gasteiger partial charge >= 0.3 is 0 Å². The lowest BCUT2D eigenvalue weighted by atomic mass is 9.54. The smallest absolute Gasteiger partial charge is 0.191 e. The molecule has 2 aliphatic rings. The standard InChI is InChI=1S/C31H44O3Si/c1-30(2,3)35(5,6)34-19-17-29-28-14-12-24-20-25(33-21-23-10-8-7-9-11-23)13-15-26(24)27(28)16-18-31(29,4)22-32/h7-11,13,15,20,22,27-29H,12,14,16-19,21H2,1-6H3/t27-,28-,29+,31-/m1/s1. The van der Waals surface area contributed by atoms with Crippen LogP contribution in [-0.2, 0) is 22.2 Å².